The van der Waals surface area contributed by atoms with Crippen LogP contribution in [0.4, 0.5) is 0 Å². The van der Waals surface area contributed by atoms with E-state index in [9.17, 15) is 4.79 Å². The standard InChI is InChI=1S/C21H30BrN5O/c1-4-26-9-11-27(12-10-26)14-17-7-5-16(6-8-17)13-23-21(28)20-18(22)19(15(2)3)24-25-20/h5-8,15H,4,9-14H2,1-3H3,(H,23,28)(H,24,25). The van der Waals surface area contributed by atoms with Crippen molar-refractivity contribution in [3.8, 4) is 0 Å². The number of nitrogens with zero attached hydrogens (tertiary/aromatic N) is 3. The van der Waals surface area contributed by atoms with Crippen LogP contribution >= 0.6 is 15.9 Å². The van der Waals surface area contributed by atoms with Gasteiger partial charge in [0.05, 0.1) is 10.2 Å². The van der Waals surface area contributed by atoms with Gasteiger partial charge in [-0.2, -0.15) is 5.10 Å². The van der Waals surface area contributed by atoms with Crippen LogP contribution in [0.25, 0.3) is 0 Å². The number of aromatic amines is 1. The summed E-state index contributed by atoms with van der Waals surface area (Å²) in [6.07, 6.45) is 0. The minimum Gasteiger partial charge on any atom is -0.347 e. The summed E-state index contributed by atoms with van der Waals surface area (Å²) in [5, 5.41) is 10.0. The number of likely N-dealkylation sites (N-methyl/N-ethyl adjacent to an activating group) is 1. The lowest BCUT2D eigenvalue weighted by Crippen LogP contribution is -2.45. The molecule has 1 aromatic carbocycles. The number of piperazine rings is 1. The van der Waals surface area contributed by atoms with Crippen LogP contribution in [0.15, 0.2) is 28.7 Å². The normalized spacial score (nSPS) is 15.9. The number of aromatic nitrogens is 2. The largest absolute Gasteiger partial charge is 0.347 e. The maximum atomic E-state index is 12.4. The van der Waals surface area contributed by atoms with Crippen molar-refractivity contribution in [1.82, 2.24) is 25.3 Å². The number of carbonyl (C=O) groups is 1. The molecule has 0 unspecified atom stereocenters. The Morgan fingerprint density at radius 3 is 2.32 bits per heavy atom. The number of halogens is 1. The van der Waals surface area contributed by atoms with Gasteiger partial charge in [0.25, 0.3) is 5.91 Å². The first-order valence-corrected chi connectivity index (χ1v) is 10.8. The van der Waals surface area contributed by atoms with E-state index in [2.05, 4.69) is 86.3 Å². The Labute approximate surface area is 175 Å². The van der Waals surface area contributed by atoms with Crippen LogP contribution in [0.2, 0.25) is 0 Å². The van der Waals surface area contributed by atoms with E-state index in [-0.39, 0.29) is 11.8 Å². The molecule has 0 bridgehead atoms. The molecule has 6 nitrogen and oxygen atoms in total. The van der Waals surface area contributed by atoms with Gasteiger partial charge in [0.1, 0.15) is 0 Å². The molecule has 0 aliphatic carbocycles. The zero-order valence-electron chi connectivity index (χ0n) is 17.0. The fraction of sp³-hybridized carbons (Fsp3) is 0.524. The van der Waals surface area contributed by atoms with Gasteiger partial charge in [0, 0.05) is 39.3 Å². The van der Waals surface area contributed by atoms with Gasteiger partial charge in [-0.15, -0.1) is 0 Å². The average Bonchev–Trinajstić information content (AvgIpc) is 3.09. The van der Waals surface area contributed by atoms with E-state index < -0.39 is 0 Å². The first kappa shape index (κ1) is 21.0. The lowest BCUT2D eigenvalue weighted by atomic mass is 10.1. The van der Waals surface area contributed by atoms with Gasteiger partial charge >= 0.3 is 0 Å². The number of benzene rings is 1. The van der Waals surface area contributed by atoms with Crippen molar-refractivity contribution in [1.29, 1.82) is 0 Å². The lowest BCUT2D eigenvalue weighted by molar-refractivity contribution is 0.0945. The summed E-state index contributed by atoms with van der Waals surface area (Å²) in [7, 11) is 0. The Hall–Kier alpha value is -1.70. The van der Waals surface area contributed by atoms with E-state index in [1.165, 1.54) is 5.56 Å². The van der Waals surface area contributed by atoms with E-state index in [0.29, 0.717) is 12.2 Å². The van der Waals surface area contributed by atoms with Crippen LogP contribution in [-0.4, -0.2) is 58.6 Å². The van der Waals surface area contributed by atoms with Crippen LogP contribution in [0, 0.1) is 0 Å². The second-order valence-corrected chi connectivity index (χ2v) is 8.46. The topological polar surface area (TPSA) is 64.3 Å². The van der Waals surface area contributed by atoms with Crippen molar-refractivity contribution in [2.45, 2.75) is 39.8 Å². The SMILES string of the molecule is CCN1CCN(Cc2ccc(CNC(=O)c3n[nH]c(C(C)C)c3Br)cc2)CC1. The molecule has 1 fully saturated rings. The summed E-state index contributed by atoms with van der Waals surface area (Å²) in [4.78, 5) is 17.4. The molecule has 1 aliphatic heterocycles. The number of hydrogen-bond donors (Lipinski definition) is 2. The predicted octanol–water partition coefficient (Wildman–Crippen LogP) is 3.36. The van der Waals surface area contributed by atoms with Crippen molar-refractivity contribution in [2.75, 3.05) is 32.7 Å². The maximum absolute atomic E-state index is 12.4. The van der Waals surface area contributed by atoms with Crippen LogP contribution in [0.3, 0.4) is 0 Å². The smallest absolute Gasteiger partial charge is 0.273 e. The summed E-state index contributed by atoms with van der Waals surface area (Å²) in [6, 6.07) is 8.51. The minimum absolute atomic E-state index is 0.173. The van der Waals surface area contributed by atoms with Crippen molar-refractivity contribution in [3.63, 3.8) is 0 Å². The third-order valence-electron chi connectivity index (χ3n) is 5.32. The Bertz CT molecular complexity index is 779. The second-order valence-electron chi connectivity index (χ2n) is 7.66. The van der Waals surface area contributed by atoms with Crippen LogP contribution in [0.5, 0.6) is 0 Å². The van der Waals surface area contributed by atoms with E-state index >= 15 is 0 Å². The number of H-pyrrole nitrogens is 1. The third-order valence-corrected chi connectivity index (χ3v) is 6.12. The molecule has 0 spiro atoms. The summed E-state index contributed by atoms with van der Waals surface area (Å²) in [5.74, 6) is 0.105. The summed E-state index contributed by atoms with van der Waals surface area (Å²) in [6.45, 7) is 13.5. The highest BCUT2D eigenvalue weighted by molar-refractivity contribution is 9.10. The number of rotatable bonds is 7. The molecule has 0 atom stereocenters. The molecule has 152 valence electrons. The minimum atomic E-state index is -0.173. The molecule has 1 amide bonds. The monoisotopic (exact) mass is 447 g/mol. The Kier molecular flexibility index (Phi) is 7.26. The Morgan fingerprint density at radius 2 is 1.75 bits per heavy atom. The molecule has 3 rings (SSSR count). The molecule has 7 heteroatoms. The zero-order chi connectivity index (χ0) is 20.1. The van der Waals surface area contributed by atoms with E-state index in [1.54, 1.807) is 0 Å². The van der Waals surface area contributed by atoms with Crippen LogP contribution < -0.4 is 5.32 Å². The van der Waals surface area contributed by atoms with E-state index in [0.717, 1.165) is 55.0 Å². The highest BCUT2D eigenvalue weighted by Crippen LogP contribution is 2.25. The fourth-order valence-electron chi connectivity index (χ4n) is 3.43. The van der Waals surface area contributed by atoms with Crippen molar-refractivity contribution in [3.05, 3.63) is 51.3 Å². The molecular formula is C21H30BrN5O. The molecule has 2 aromatic rings. The Balaban J connectivity index is 1.50. The first-order chi connectivity index (χ1) is 13.5. The van der Waals surface area contributed by atoms with Gasteiger partial charge in [0.15, 0.2) is 5.69 Å². The van der Waals surface area contributed by atoms with Gasteiger partial charge in [0.2, 0.25) is 0 Å². The van der Waals surface area contributed by atoms with Gasteiger partial charge < -0.3 is 10.2 Å². The summed E-state index contributed by atoms with van der Waals surface area (Å²) in [5.41, 5.74) is 3.75. The summed E-state index contributed by atoms with van der Waals surface area (Å²) >= 11 is 3.48. The van der Waals surface area contributed by atoms with Crippen LogP contribution in [0.1, 0.15) is 54.0 Å². The molecule has 28 heavy (non-hydrogen) atoms. The molecule has 2 N–H and O–H groups in total. The van der Waals surface area contributed by atoms with Gasteiger partial charge in [-0.05, 0) is 39.5 Å². The molecule has 2 heterocycles. The highest BCUT2D eigenvalue weighted by Gasteiger charge is 2.19. The predicted molar refractivity (Wildman–Crippen MR) is 115 cm³/mol. The van der Waals surface area contributed by atoms with Crippen molar-refractivity contribution < 1.29 is 4.79 Å². The molecule has 1 aliphatic rings. The average molecular weight is 448 g/mol. The van der Waals surface area contributed by atoms with Crippen molar-refractivity contribution >= 4 is 21.8 Å². The molecule has 1 saturated heterocycles. The molecule has 0 saturated carbocycles. The van der Waals surface area contributed by atoms with Gasteiger partial charge in [-0.1, -0.05) is 45.0 Å². The second kappa shape index (κ2) is 9.67. The zero-order valence-corrected chi connectivity index (χ0v) is 18.6. The van der Waals surface area contributed by atoms with E-state index in [4.69, 9.17) is 0 Å². The molecule has 0 radical (unpaired) electrons. The van der Waals surface area contributed by atoms with E-state index in [1.807, 2.05) is 0 Å². The molecular weight excluding hydrogens is 418 g/mol. The van der Waals surface area contributed by atoms with Gasteiger partial charge in [-0.25, -0.2) is 0 Å². The quantitative estimate of drug-likeness (QED) is 0.682. The number of amides is 1. The maximum Gasteiger partial charge on any atom is 0.273 e. The van der Waals surface area contributed by atoms with Crippen LogP contribution in [-0.2, 0) is 13.1 Å². The molecule has 1 aromatic heterocycles. The fourth-order valence-corrected chi connectivity index (χ4v) is 4.24. The highest BCUT2D eigenvalue weighted by atomic mass is 79.9. The number of carbonyl (C=O) groups excluding carboxylic acids is 1. The summed E-state index contributed by atoms with van der Waals surface area (Å²) < 4.78 is 0.749. The van der Waals surface area contributed by atoms with Crippen molar-refractivity contribution in [2.24, 2.45) is 0 Å². The van der Waals surface area contributed by atoms with Gasteiger partial charge in [-0.3, -0.25) is 14.8 Å². The first-order valence-electron chi connectivity index (χ1n) is 10.0. The Morgan fingerprint density at radius 1 is 1.14 bits per heavy atom. The lowest BCUT2D eigenvalue weighted by Gasteiger charge is -2.34. The number of nitrogens with one attached hydrogen (secondary N) is 2. The third kappa shape index (κ3) is 5.21. The number of hydrogen-bond acceptors (Lipinski definition) is 4.